The molecule has 0 aromatic rings. The predicted octanol–water partition coefficient (Wildman–Crippen LogP) is 6.41. The molecule has 0 fully saturated rings. The Bertz CT molecular complexity index is 607. The van der Waals surface area contributed by atoms with Crippen molar-refractivity contribution in [3.63, 3.8) is 0 Å². The van der Waals surface area contributed by atoms with Crippen LogP contribution in [0.25, 0.3) is 0 Å². The van der Waals surface area contributed by atoms with Crippen LogP contribution in [0.3, 0.4) is 0 Å². The van der Waals surface area contributed by atoms with Crippen molar-refractivity contribution >= 4 is 15.6 Å². The molecule has 0 aromatic heterocycles. The molecule has 38 heavy (non-hydrogen) atoms. The summed E-state index contributed by atoms with van der Waals surface area (Å²) in [7, 11) is -8.03. The molecule has 0 aliphatic carbocycles. The first kappa shape index (κ1) is 38.1. The van der Waals surface area contributed by atoms with E-state index < -0.39 is 26.8 Å². The van der Waals surface area contributed by atoms with Gasteiger partial charge >= 0.3 is 15.6 Å². The number of rotatable bonds is 25. The van der Waals surface area contributed by atoms with Gasteiger partial charge in [0.05, 0.1) is 57.5 Å². The van der Waals surface area contributed by atoms with Crippen LogP contribution in [0.4, 0.5) is 0 Å². The van der Waals surface area contributed by atoms with Crippen molar-refractivity contribution in [1.82, 2.24) is 0 Å². The third-order valence-electron chi connectivity index (χ3n) is 4.69. The fourth-order valence-corrected chi connectivity index (χ4v) is 5.38. The van der Waals surface area contributed by atoms with Crippen LogP contribution in [0.15, 0.2) is 0 Å². The third kappa shape index (κ3) is 29.1. The molecule has 13 heteroatoms. The summed E-state index contributed by atoms with van der Waals surface area (Å²) >= 11 is 0. The second-order valence-corrected chi connectivity index (χ2v) is 13.8. The molecule has 230 valence electrons. The topological polar surface area (TPSA) is 139 Å². The lowest BCUT2D eigenvalue weighted by atomic mass is 10.1. The van der Waals surface area contributed by atoms with E-state index in [0.717, 1.165) is 45.1 Å². The smallest absolute Gasteiger partial charge is 0.379 e. The summed E-state index contributed by atoms with van der Waals surface area (Å²) in [6.45, 7) is 13.1. The molecule has 0 aromatic carbocycles. The van der Waals surface area contributed by atoms with Gasteiger partial charge in [-0.2, -0.15) is 0 Å². The van der Waals surface area contributed by atoms with E-state index in [0.29, 0.717) is 26.4 Å². The van der Waals surface area contributed by atoms with Crippen LogP contribution in [0.2, 0.25) is 0 Å². The van der Waals surface area contributed by atoms with Gasteiger partial charge in [-0.15, -0.1) is 0 Å². The molecule has 0 rings (SSSR count). The summed E-state index contributed by atoms with van der Waals surface area (Å²) in [5.74, 6) is 0. The van der Waals surface area contributed by atoms with Gasteiger partial charge in [-0.1, -0.05) is 44.9 Å². The highest BCUT2D eigenvalue weighted by Crippen LogP contribution is 2.47. The summed E-state index contributed by atoms with van der Waals surface area (Å²) in [5, 5.41) is 0. The molecule has 0 amide bonds. The average molecular weight is 593 g/mol. The quantitative estimate of drug-likeness (QED) is 0.0898. The monoisotopic (exact) mass is 592 g/mol. The van der Waals surface area contributed by atoms with Crippen LogP contribution in [0.1, 0.15) is 99.3 Å². The zero-order valence-corrected chi connectivity index (χ0v) is 26.3. The van der Waals surface area contributed by atoms with E-state index >= 15 is 0 Å². The van der Waals surface area contributed by atoms with Crippen molar-refractivity contribution in [3.8, 4) is 0 Å². The standard InChI is InChI=1S/C25H54O11P2/c1-24(2,3)35-37(26,27)33-17-15-13-11-9-7-8-10-12-14-16-30-18-19-31-20-21-32-22-23-34-38(28,29)36-25(4,5)6/h7-23H2,1-6H3,(H,26,27)(H,28,29). The van der Waals surface area contributed by atoms with Crippen molar-refractivity contribution in [2.24, 2.45) is 0 Å². The highest BCUT2D eigenvalue weighted by atomic mass is 31.2. The molecule has 2 unspecified atom stereocenters. The normalized spacial score (nSPS) is 15.9. The number of ether oxygens (including phenoxy) is 3. The van der Waals surface area contributed by atoms with Gasteiger partial charge in [-0.25, -0.2) is 9.13 Å². The molecule has 0 aliphatic rings. The maximum absolute atomic E-state index is 11.8. The van der Waals surface area contributed by atoms with E-state index in [1.54, 1.807) is 41.5 Å². The van der Waals surface area contributed by atoms with Gasteiger partial charge in [0.15, 0.2) is 0 Å². The molecular formula is C25H54O11P2. The zero-order chi connectivity index (χ0) is 29.0. The minimum atomic E-state index is -4.07. The molecule has 2 N–H and O–H groups in total. The SMILES string of the molecule is CC(C)(C)OP(=O)(O)OCCCCCCCCCCCOCCOCCOCCOP(=O)(O)OC(C)(C)C. The van der Waals surface area contributed by atoms with Gasteiger partial charge in [0, 0.05) is 6.61 Å². The Labute approximate surface area is 230 Å². The summed E-state index contributed by atoms with van der Waals surface area (Å²) in [6, 6.07) is 0. The van der Waals surface area contributed by atoms with Gasteiger partial charge in [0.1, 0.15) is 0 Å². The number of hydrogen-bond acceptors (Lipinski definition) is 9. The zero-order valence-electron chi connectivity index (χ0n) is 24.5. The van der Waals surface area contributed by atoms with Crippen molar-refractivity contribution in [3.05, 3.63) is 0 Å². The predicted molar refractivity (Wildman–Crippen MR) is 147 cm³/mol. The maximum Gasteiger partial charge on any atom is 0.472 e. The van der Waals surface area contributed by atoms with E-state index in [2.05, 4.69) is 0 Å². The molecule has 11 nitrogen and oxygen atoms in total. The van der Waals surface area contributed by atoms with Crippen LogP contribution in [-0.2, 0) is 41.4 Å². The molecular weight excluding hydrogens is 538 g/mol. The van der Waals surface area contributed by atoms with Crippen LogP contribution < -0.4 is 0 Å². The number of hydrogen-bond donors (Lipinski definition) is 2. The Balaban J connectivity index is 3.31. The fourth-order valence-electron chi connectivity index (χ4n) is 3.22. The van der Waals surface area contributed by atoms with Gasteiger partial charge in [0.25, 0.3) is 0 Å². The Kier molecular flexibility index (Phi) is 21.0. The first-order valence-electron chi connectivity index (χ1n) is 13.7. The van der Waals surface area contributed by atoms with Gasteiger partial charge < -0.3 is 24.0 Å². The molecule has 0 spiro atoms. The lowest BCUT2D eigenvalue weighted by molar-refractivity contribution is 0.00257. The van der Waals surface area contributed by atoms with Crippen molar-refractivity contribution in [2.75, 3.05) is 52.9 Å². The largest absolute Gasteiger partial charge is 0.472 e. The Morgan fingerprint density at radius 3 is 1.13 bits per heavy atom. The fraction of sp³-hybridized carbons (Fsp3) is 1.00. The molecule has 0 heterocycles. The van der Waals surface area contributed by atoms with Crippen LogP contribution >= 0.6 is 15.6 Å². The van der Waals surface area contributed by atoms with Gasteiger partial charge in [-0.3, -0.25) is 18.1 Å². The number of unbranched alkanes of at least 4 members (excludes halogenated alkanes) is 8. The van der Waals surface area contributed by atoms with Crippen molar-refractivity contribution < 1.29 is 51.2 Å². The number of phosphoric ester groups is 2. The molecule has 0 bridgehead atoms. The van der Waals surface area contributed by atoms with Gasteiger partial charge in [0.2, 0.25) is 0 Å². The summed E-state index contributed by atoms with van der Waals surface area (Å²) in [5.41, 5.74) is -1.47. The summed E-state index contributed by atoms with van der Waals surface area (Å²) < 4.78 is 59.6. The Morgan fingerprint density at radius 2 is 0.737 bits per heavy atom. The minimum Gasteiger partial charge on any atom is -0.379 e. The first-order valence-corrected chi connectivity index (χ1v) is 16.7. The van der Waals surface area contributed by atoms with E-state index in [9.17, 15) is 18.9 Å². The molecule has 0 aliphatic heterocycles. The molecule has 0 saturated carbocycles. The second kappa shape index (κ2) is 20.9. The summed E-state index contributed by atoms with van der Waals surface area (Å²) in [6.07, 6.45) is 9.75. The molecule has 0 radical (unpaired) electrons. The van der Waals surface area contributed by atoms with Crippen LogP contribution in [0.5, 0.6) is 0 Å². The van der Waals surface area contributed by atoms with Gasteiger partial charge in [-0.05, 0) is 54.4 Å². The summed E-state index contributed by atoms with van der Waals surface area (Å²) in [4.78, 5) is 19.2. The van der Waals surface area contributed by atoms with E-state index in [-0.39, 0.29) is 19.8 Å². The van der Waals surface area contributed by atoms with E-state index in [4.69, 9.17) is 32.3 Å². The maximum atomic E-state index is 11.8. The lowest BCUT2D eigenvalue weighted by Crippen LogP contribution is -2.19. The lowest BCUT2D eigenvalue weighted by Gasteiger charge is -2.22. The Hall–Kier alpha value is 0.1000. The Morgan fingerprint density at radius 1 is 0.447 bits per heavy atom. The highest BCUT2D eigenvalue weighted by Gasteiger charge is 2.29. The first-order chi connectivity index (χ1) is 17.6. The van der Waals surface area contributed by atoms with Crippen LogP contribution in [0, 0.1) is 0 Å². The highest BCUT2D eigenvalue weighted by molar-refractivity contribution is 7.47. The molecule has 2 atom stereocenters. The number of phosphoric acid groups is 2. The minimum absolute atomic E-state index is 0.0347. The van der Waals surface area contributed by atoms with Crippen LogP contribution in [-0.4, -0.2) is 73.8 Å². The van der Waals surface area contributed by atoms with Crippen molar-refractivity contribution in [2.45, 2.75) is 111 Å². The average Bonchev–Trinajstić information content (AvgIpc) is 2.73. The van der Waals surface area contributed by atoms with Crippen molar-refractivity contribution in [1.29, 1.82) is 0 Å². The molecule has 0 saturated heterocycles. The van der Waals surface area contributed by atoms with E-state index in [1.165, 1.54) is 19.3 Å². The van der Waals surface area contributed by atoms with E-state index in [1.807, 2.05) is 0 Å². The third-order valence-corrected chi connectivity index (χ3v) is 7.27. The second-order valence-electron chi connectivity index (χ2n) is 11.0.